The summed E-state index contributed by atoms with van der Waals surface area (Å²) in [6.07, 6.45) is 12.4. The van der Waals surface area contributed by atoms with E-state index < -0.39 is 0 Å². The minimum absolute atomic E-state index is 0.321. The van der Waals surface area contributed by atoms with Crippen LogP contribution in [0.5, 0.6) is 0 Å². The molecule has 1 aromatic heterocycles. The Bertz CT molecular complexity index is 396. The van der Waals surface area contributed by atoms with E-state index in [9.17, 15) is 0 Å². The van der Waals surface area contributed by atoms with Gasteiger partial charge in [0.15, 0.2) is 5.82 Å². The number of hydrogen-bond acceptors (Lipinski definition) is 4. The van der Waals surface area contributed by atoms with Gasteiger partial charge in [0.25, 0.3) is 0 Å². The molecule has 0 radical (unpaired) electrons. The van der Waals surface area contributed by atoms with Gasteiger partial charge in [0.05, 0.1) is 0 Å². The van der Waals surface area contributed by atoms with Crippen LogP contribution in [0.15, 0.2) is 4.52 Å². The Morgan fingerprint density at radius 3 is 2.32 bits per heavy atom. The van der Waals surface area contributed by atoms with Gasteiger partial charge < -0.3 is 10.3 Å². The van der Waals surface area contributed by atoms with Crippen LogP contribution in [0.2, 0.25) is 0 Å². The van der Waals surface area contributed by atoms with Crippen LogP contribution in [0.4, 0.5) is 0 Å². The third-order valence-electron chi connectivity index (χ3n) is 4.75. The summed E-state index contributed by atoms with van der Waals surface area (Å²) in [5, 5.41) is 4.25. The molecule has 2 atom stereocenters. The van der Waals surface area contributed by atoms with Gasteiger partial charge in [-0.1, -0.05) is 37.3 Å². The van der Waals surface area contributed by atoms with Crippen molar-refractivity contribution < 1.29 is 4.52 Å². The first-order valence-electron chi connectivity index (χ1n) is 7.92. The smallest absolute Gasteiger partial charge is 0.229 e. The Morgan fingerprint density at radius 2 is 1.63 bits per heavy atom. The third-order valence-corrected chi connectivity index (χ3v) is 4.75. The summed E-state index contributed by atoms with van der Waals surface area (Å²) in [6.45, 7) is 0. The number of nitrogens with zero attached hydrogens (tertiary/aromatic N) is 2. The van der Waals surface area contributed by atoms with E-state index in [0.29, 0.717) is 17.9 Å². The zero-order valence-electron chi connectivity index (χ0n) is 11.7. The van der Waals surface area contributed by atoms with Gasteiger partial charge in [-0.2, -0.15) is 4.98 Å². The lowest BCUT2D eigenvalue weighted by molar-refractivity contribution is 0.342. The predicted molar refractivity (Wildman–Crippen MR) is 73.9 cm³/mol. The van der Waals surface area contributed by atoms with Crippen LogP contribution >= 0.6 is 0 Å². The largest absolute Gasteiger partial charge is 0.339 e. The monoisotopic (exact) mass is 263 g/mol. The molecule has 106 valence electrons. The molecule has 2 saturated carbocycles. The van der Waals surface area contributed by atoms with Crippen molar-refractivity contribution in [3.63, 3.8) is 0 Å². The minimum Gasteiger partial charge on any atom is -0.339 e. The zero-order chi connectivity index (χ0) is 13.1. The number of hydrogen-bond donors (Lipinski definition) is 1. The van der Waals surface area contributed by atoms with Gasteiger partial charge in [0.1, 0.15) is 0 Å². The highest BCUT2D eigenvalue weighted by Gasteiger charge is 2.29. The molecule has 1 aromatic rings. The van der Waals surface area contributed by atoms with Crippen molar-refractivity contribution in [2.75, 3.05) is 0 Å². The maximum atomic E-state index is 5.96. The van der Waals surface area contributed by atoms with Crippen LogP contribution < -0.4 is 5.73 Å². The SMILES string of the molecule is N[C@H]1CC[C@@H](c2nc(C3CCCCCCC3)no2)C1. The molecule has 0 aromatic carbocycles. The highest BCUT2D eigenvalue weighted by molar-refractivity contribution is 5.02. The van der Waals surface area contributed by atoms with E-state index in [1.807, 2.05) is 0 Å². The Labute approximate surface area is 115 Å². The second-order valence-corrected chi connectivity index (χ2v) is 6.30. The molecule has 0 bridgehead atoms. The van der Waals surface area contributed by atoms with Gasteiger partial charge in [-0.25, -0.2) is 0 Å². The maximum Gasteiger partial charge on any atom is 0.229 e. The van der Waals surface area contributed by atoms with E-state index in [1.165, 1.54) is 44.9 Å². The van der Waals surface area contributed by atoms with Crippen molar-refractivity contribution in [3.8, 4) is 0 Å². The van der Waals surface area contributed by atoms with Crippen molar-refractivity contribution in [2.24, 2.45) is 5.73 Å². The molecule has 1 heterocycles. The third kappa shape index (κ3) is 3.16. The lowest BCUT2D eigenvalue weighted by Gasteiger charge is -2.15. The van der Waals surface area contributed by atoms with E-state index in [1.54, 1.807) is 0 Å². The average molecular weight is 263 g/mol. The molecule has 0 aliphatic heterocycles. The summed E-state index contributed by atoms with van der Waals surface area (Å²) in [5.74, 6) is 2.72. The predicted octanol–water partition coefficient (Wildman–Crippen LogP) is 3.49. The lowest BCUT2D eigenvalue weighted by atomic mass is 9.91. The number of aromatic nitrogens is 2. The van der Waals surface area contributed by atoms with Crippen LogP contribution in [0, 0.1) is 0 Å². The molecular weight excluding hydrogens is 238 g/mol. The fourth-order valence-corrected chi connectivity index (χ4v) is 3.53. The first-order chi connectivity index (χ1) is 9.33. The first kappa shape index (κ1) is 13.1. The fraction of sp³-hybridized carbons (Fsp3) is 0.867. The first-order valence-corrected chi connectivity index (χ1v) is 7.92. The normalized spacial score (nSPS) is 30.2. The van der Waals surface area contributed by atoms with Gasteiger partial charge in [0, 0.05) is 17.9 Å². The van der Waals surface area contributed by atoms with Crippen molar-refractivity contribution in [3.05, 3.63) is 11.7 Å². The standard InChI is InChI=1S/C15H25N3O/c16-13-9-8-12(10-13)15-17-14(18-19-15)11-6-4-2-1-3-5-7-11/h11-13H,1-10,16H2/t12-,13+/m1/s1. The highest BCUT2D eigenvalue weighted by atomic mass is 16.5. The lowest BCUT2D eigenvalue weighted by Crippen LogP contribution is -2.14. The van der Waals surface area contributed by atoms with Crippen molar-refractivity contribution >= 4 is 0 Å². The quantitative estimate of drug-likeness (QED) is 0.887. The average Bonchev–Trinajstić information content (AvgIpc) is 2.97. The molecule has 4 heteroatoms. The van der Waals surface area contributed by atoms with Crippen molar-refractivity contribution in [2.45, 2.75) is 82.1 Å². The zero-order valence-corrected chi connectivity index (χ0v) is 11.7. The summed E-state index contributed by atoms with van der Waals surface area (Å²) in [7, 11) is 0. The van der Waals surface area contributed by atoms with Gasteiger partial charge in [-0.3, -0.25) is 0 Å². The second kappa shape index (κ2) is 6.04. The summed E-state index contributed by atoms with van der Waals surface area (Å²) in [5.41, 5.74) is 5.96. The second-order valence-electron chi connectivity index (χ2n) is 6.30. The molecule has 3 rings (SSSR count). The fourth-order valence-electron chi connectivity index (χ4n) is 3.53. The Balaban J connectivity index is 1.66. The number of rotatable bonds is 2. The van der Waals surface area contributed by atoms with Gasteiger partial charge in [0.2, 0.25) is 5.89 Å². The summed E-state index contributed by atoms with van der Waals surface area (Å²) < 4.78 is 5.51. The molecule has 2 aliphatic carbocycles. The van der Waals surface area contributed by atoms with Crippen LogP contribution in [-0.2, 0) is 0 Å². The summed E-state index contributed by atoms with van der Waals surface area (Å²) >= 11 is 0. The van der Waals surface area contributed by atoms with Gasteiger partial charge in [-0.15, -0.1) is 0 Å². The topological polar surface area (TPSA) is 64.9 Å². The molecular formula is C15H25N3O. The van der Waals surface area contributed by atoms with Gasteiger partial charge in [-0.05, 0) is 32.1 Å². The van der Waals surface area contributed by atoms with Crippen molar-refractivity contribution in [1.82, 2.24) is 10.1 Å². The maximum absolute atomic E-state index is 5.96. The minimum atomic E-state index is 0.321. The molecule has 0 saturated heterocycles. The van der Waals surface area contributed by atoms with Crippen LogP contribution in [0.25, 0.3) is 0 Å². The highest BCUT2D eigenvalue weighted by Crippen LogP contribution is 2.34. The molecule has 2 aliphatic rings. The molecule has 0 unspecified atom stereocenters. The van der Waals surface area contributed by atoms with E-state index in [0.717, 1.165) is 31.0 Å². The van der Waals surface area contributed by atoms with Crippen LogP contribution in [-0.4, -0.2) is 16.2 Å². The van der Waals surface area contributed by atoms with E-state index >= 15 is 0 Å². The summed E-state index contributed by atoms with van der Waals surface area (Å²) in [6, 6.07) is 0.321. The number of nitrogens with two attached hydrogens (primary N) is 1. The molecule has 19 heavy (non-hydrogen) atoms. The molecule has 2 fully saturated rings. The molecule has 0 spiro atoms. The Hall–Kier alpha value is -0.900. The van der Waals surface area contributed by atoms with Crippen molar-refractivity contribution in [1.29, 1.82) is 0 Å². The van der Waals surface area contributed by atoms with Crippen LogP contribution in [0.1, 0.15) is 87.8 Å². The Kier molecular flexibility index (Phi) is 4.16. The van der Waals surface area contributed by atoms with E-state index in [2.05, 4.69) is 10.1 Å². The van der Waals surface area contributed by atoms with Crippen LogP contribution in [0.3, 0.4) is 0 Å². The summed E-state index contributed by atoms with van der Waals surface area (Å²) in [4.78, 5) is 4.69. The van der Waals surface area contributed by atoms with E-state index in [-0.39, 0.29) is 0 Å². The molecule has 4 nitrogen and oxygen atoms in total. The molecule has 2 N–H and O–H groups in total. The Morgan fingerprint density at radius 1 is 0.895 bits per heavy atom. The van der Waals surface area contributed by atoms with Gasteiger partial charge >= 0.3 is 0 Å². The van der Waals surface area contributed by atoms with E-state index in [4.69, 9.17) is 10.3 Å². The molecule has 0 amide bonds.